The van der Waals surface area contributed by atoms with E-state index >= 15 is 0 Å². The quantitative estimate of drug-likeness (QED) is 0.308. The first-order valence-corrected chi connectivity index (χ1v) is 8.15. The molecule has 4 heavy (non-hydrogen) atoms. The van der Waals surface area contributed by atoms with Crippen LogP contribution >= 0.6 is 29.4 Å². The number of hydrogen-bond donors (Lipinski definition) is 2. The summed E-state index contributed by atoms with van der Waals surface area (Å²) in [6.45, 7) is 0. The standard InChI is InChI=1S/H2IS3/c2-1-4-3/h2-3H/q-1. The molecule has 0 radical (unpaired) electrons. The second-order valence-electron chi connectivity index (χ2n) is 0.138. The molecule has 0 spiro atoms. The topological polar surface area (TPSA) is 0 Å². The van der Waals surface area contributed by atoms with Gasteiger partial charge in [0.1, 0.15) is 0 Å². The monoisotopic (exact) mass is 225 g/mol. The summed E-state index contributed by atoms with van der Waals surface area (Å²) in [5, 5.41) is 0. The van der Waals surface area contributed by atoms with Gasteiger partial charge < -0.3 is 0 Å². The van der Waals surface area contributed by atoms with Crippen LogP contribution in [0.5, 0.6) is 0 Å². The molecule has 0 N–H and O–H groups in total. The van der Waals surface area contributed by atoms with Gasteiger partial charge in [-0.05, 0) is 0 Å². The zero-order chi connectivity index (χ0) is 3.41. The van der Waals surface area contributed by atoms with E-state index in [1.807, 2.05) is 0 Å². The molecule has 0 aromatic rings. The summed E-state index contributed by atoms with van der Waals surface area (Å²) in [6.07, 6.45) is 0. The first kappa shape index (κ1) is 5.78. The molecule has 28 valence electrons. The Morgan fingerprint density at radius 2 is 2.00 bits per heavy atom. The van der Waals surface area contributed by atoms with Crippen LogP contribution in [-0.2, 0) is 0 Å². The first-order valence-electron chi connectivity index (χ1n) is 0.506. The molecular formula is H2IS3-. The van der Waals surface area contributed by atoms with E-state index in [-0.39, 0.29) is 18.4 Å². The summed E-state index contributed by atoms with van der Waals surface area (Å²) in [6, 6.07) is 0. The summed E-state index contributed by atoms with van der Waals surface area (Å²) in [7, 11) is 5.44. The molecule has 0 saturated heterocycles. The van der Waals surface area contributed by atoms with E-state index in [0.717, 1.165) is 0 Å². The summed E-state index contributed by atoms with van der Waals surface area (Å²) in [5.41, 5.74) is 0. The molecule has 0 aliphatic carbocycles. The van der Waals surface area contributed by atoms with Crippen molar-refractivity contribution < 1.29 is 18.4 Å². The van der Waals surface area contributed by atoms with Crippen molar-refractivity contribution in [2.75, 3.05) is 0 Å². The van der Waals surface area contributed by atoms with E-state index in [0.29, 0.717) is 0 Å². The predicted molar refractivity (Wildman–Crippen MR) is 25.6 cm³/mol. The Hall–Kier alpha value is 1.78. The van der Waals surface area contributed by atoms with Crippen LogP contribution in [0.25, 0.3) is 0 Å². The van der Waals surface area contributed by atoms with Gasteiger partial charge >= 0.3 is 47.9 Å². The third kappa shape index (κ3) is 3.78. The van der Waals surface area contributed by atoms with Crippen molar-refractivity contribution in [2.45, 2.75) is 0 Å². The van der Waals surface area contributed by atoms with Gasteiger partial charge in [0, 0.05) is 0 Å². The van der Waals surface area contributed by atoms with Gasteiger partial charge in [-0.1, -0.05) is 0 Å². The van der Waals surface area contributed by atoms with E-state index in [2.05, 4.69) is 21.5 Å². The third-order valence-corrected chi connectivity index (χ3v) is 5.59. The van der Waals surface area contributed by atoms with Crippen LogP contribution in [0.2, 0.25) is 0 Å². The summed E-state index contributed by atoms with van der Waals surface area (Å²) >= 11 is 3.90. The molecule has 0 amide bonds. The second-order valence-corrected chi connectivity index (χ2v) is 8.33. The normalized spacial score (nSPS) is 8.50. The molecule has 0 unspecified atom stereocenters. The van der Waals surface area contributed by atoms with E-state index in [4.69, 9.17) is 0 Å². The number of hydrogen-bond acceptors (Lipinski definition) is 3. The molecule has 4 heteroatoms. The van der Waals surface area contributed by atoms with E-state index < -0.39 is 0 Å². The average molecular weight is 225 g/mol. The van der Waals surface area contributed by atoms with Crippen LogP contribution in [0.1, 0.15) is 0 Å². The van der Waals surface area contributed by atoms with Gasteiger partial charge in [-0.25, -0.2) is 0 Å². The Balaban J connectivity index is 1.97. The molecule has 0 bridgehead atoms. The molecule has 0 fully saturated rings. The molecule has 0 aliphatic rings. The predicted octanol–water partition coefficient (Wildman–Crippen LogP) is -1.59. The van der Waals surface area contributed by atoms with Crippen molar-refractivity contribution in [3.8, 4) is 0 Å². The second kappa shape index (κ2) is 4.78. The van der Waals surface area contributed by atoms with Crippen LogP contribution in [0, 0.1) is 0 Å². The Labute approximate surface area is 47.5 Å². The minimum atomic E-state index is 0.0859. The molecule has 0 aliphatic heterocycles. The van der Waals surface area contributed by atoms with E-state index in [1.165, 1.54) is 7.97 Å². The molecule has 0 atom stereocenters. The molecule has 0 nitrogen and oxygen atoms in total. The fourth-order valence-corrected chi connectivity index (χ4v) is 0. The summed E-state index contributed by atoms with van der Waals surface area (Å²) < 4.78 is 0. The minimum absolute atomic E-state index is 0.0859. The molecule has 0 aromatic carbocycles. The van der Waals surface area contributed by atoms with Crippen LogP contribution < -0.4 is 18.4 Å². The number of halogens is 1. The van der Waals surface area contributed by atoms with Crippen LogP contribution in [0.3, 0.4) is 0 Å². The van der Waals surface area contributed by atoms with Crippen molar-refractivity contribution in [3.05, 3.63) is 0 Å². The van der Waals surface area contributed by atoms with Crippen molar-refractivity contribution in [3.63, 3.8) is 0 Å². The van der Waals surface area contributed by atoms with Crippen LogP contribution in [0.4, 0.5) is 0 Å². The summed E-state index contributed by atoms with van der Waals surface area (Å²) in [5.74, 6) is 0. The zero-order valence-corrected chi connectivity index (χ0v) is 6.44. The van der Waals surface area contributed by atoms with Gasteiger partial charge in [0.25, 0.3) is 0 Å². The van der Waals surface area contributed by atoms with Crippen molar-refractivity contribution >= 4 is 29.4 Å². The molecule has 0 aromatic heterocycles. The van der Waals surface area contributed by atoms with Gasteiger partial charge in [0.05, 0.1) is 0 Å². The SMILES string of the molecule is SS[I-]S. The van der Waals surface area contributed by atoms with Gasteiger partial charge in [0.2, 0.25) is 0 Å². The summed E-state index contributed by atoms with van der Waals surface area (Å²) in [4.78, 5) is 0. The maximum atomic E-state index is 3.92. The first-order chi connectivity index (χ1) is 1.91. The van der Waals surface area contributed by atoms with E-state index in [9.17, 15) is 0 Å². The van der Waals surface area contributed by atoms with Gasteiger partial charge in [-0.2, -0.15) is 0 Å². The van der Waals surface area contributed by atoms with Crippen molar-refractivity contribution in [2.24, 2.45) is 0 Å². The maximum absolute atomic E-state index is 3.92. The third-order valence-electron chi connectivity index (χ3n) is 0.0309. The fraction of sp³-hybridized carbons (Fsp3) is 0. The molecular weight excluding hydrogens is 223 g/mol. The Morgan fingerprint density at radius 3 is 2.00 bits per heavy atom. The number of rotatable bonds is 1. The van der Waals surface area contributed by atoms with E-state index in [1.54, 1.807) is 0 Å². The van der Waals surface area contributed by atoms with Crippen molar-refractivity contribution in [1.29, 1.82) is 0 Å². The van der Waals surface area contributed by atoms with Gasteiger partial charge in [-0.15, -0.1) is 0 Å². The Kier molecular flexibility index (Phi) is 6.91. The zero-order valence-electron chi connectivity index (χ0n) is 1.68. The average Bonchev–Trinajstić information content (AvgIpc) is 1.37. The molecule has 0 heterocycles. The fourth-order valence-electron chi connectivity index (χ4n) is 0. The van der Waals surface area contributed by atoms with Crippen LogP contribution in [0.15, 0.2) is 0 Å². The van der Waals surface area contributed by atoms with Gasteiger partial charge in [-0.3, -0.25) is 0 Å². The molecule has 0 rings (SSSR count). The Morgan fingerprint density at radius 1 is 1.75 bits per heavy atom. The van der Waals surface area contributed by atoms with Crippen molar-refractivity contribution in [1.82, 2.24) is 0 Å². The Bertz CT molecular complexity index is 5.25. The van der Waals surface area contributed by atoms with Gasteiger partial charge in [0.15, 0.2) is 0 Å². The van der Waals surface area contributed by atoms with Crippen LogP contribution in [-0.4, -0.2) is 0 Å². The number of thiol groups is 2. The molecule has 0 saturated carbocycles.